The van der Waals surface area contributed by atoms with Crippen LogP contribution in [0.3, 0.4) is 0 Å². The Labute approximate surface area is 112 Å². The molecule has 0 saturated carbocycles. The molecule has 0 atom stereocenters. The number of rotatable bonds is 5. The van der Waals surface area contributed by atoms with Crippen molar-refractivity contribution < 1.29 is 14.7 Å². The number of amides is 1. The summed E-state index contributed by atoms with van der Waals surface area (Å²) in [7, 11) is 0. The Balaban J connectivity index is 1.96. The normalized spacial score (nSPS) is 10.6. The lowest BCUT2D eigenvalue weighted by molar-refractivity contribution is -0.120. The fourth-order valence-corrected chi connectivity index (χ4v) is 1.42. The van der Waals surface area contributed by atoms with Gasteiger partial charge in [0.05, 0.1) is 18.2 Å². The maximum absolute atomic E-state index is 11.5. The fraction of sp³-hybridized carbons (Fsp3) is 0.0909. The Bertz CT molecular complexity index is 637. The minimum Gasteiger partial charge on any atom is -0.478 e. The monoisotopic (exact) mass is 274 g/mol. The summed E-state index contributed by atoms with van der Waals surface area (Å²) < 4.78 is 0. The van der Waals surface area contributed by atoms with Gasteiger partial charge in [0.25, 0.3) is 0 Å². The van der Waals surface area contributed by atoms with Gasteiger partial charge >= 0.3 is 5.97 Å². The van der Waals surface area contributed by atoms with E-state index in [0.29, 0.717) is 5.56 Å². The van der Waals surface area contributed by atoms with Gasteiger partial charge in [-0.1, -0.05) is 23.4 Å². The van der Waals surface area contributed by atoms with Gasteiger partial charge in [-0.2, -0.15) is 10.3 Å². The van der Waals surface area contributed by atoms with Gasteiger partial charge in [-0.05, 0) is 6.07 Å². The number of aromatic amines is 1. The average molecular weight is 274 g/mol. The lowest BCUT2D eigenvalue weighted by Gasteiger charge is -2.00. The van der Waals surface area contributed by atoms with Gasteiger partial charge in [0, 0.05) is 5.56 Å². The predicted molar refractivity (Wildman–Crippen MR) is 67.0 cm³/mol. The first-order valence-corrected chi connectivity index (χ1v) is 5.53. The zero-order chi connectivity index (χ0) is 14.4. The van der Waals surface area contributed by atoms with Gasteiger partial charge in [0.15, 0.2) is 5.82 Å². The van der Waals surface area contributed by atoms with Crippen LogP contribution in [-0.2, 0) is 11.2 Å². The quantitative estimate of drug-likeness (QED) is 0.501. The Morgan fingerprint density at radius 1 is 1.40 bits per heavy atom. The minimum atomic E-state index is -1.06. The Kier molecular flexibility index (Phi) is 4.12. The van der Waals surface area contributed by atoms with E-state index in [0.717, 1.165) is 0 Å². The van der Waals surface area contributed by atoms with E-state index in [-0.39, 0.29) is 17.8 Å². The fourth-order valence-electron chi connectivity index (χ4n) is 1.42. The smallest absolute Gasteiger partial charge is 0.336 e. The molecular weight excluding hydrogens is 264 g/mol. The lowest BCUT2D eigenvalue weighted by Crippen LogP contribution is -2.20. The molecule has 2 rings (SSSR count). The molecule has 1 aromatic heterocycles. The molecule has 0 fully saturated rings. The van der Waals surface area contributed by atoms with Crippen LogP contribution in [0.5, 0.6) is 0 Å². The van der Waals surface area contributed by atoms with Crippen LogP contribution in [0.25, 0.3) is 0 Å². The number of H-pyrrole nitrogens is 1. The van der Waals surface area contributed by atoms with Crippen LogP contribution < -0.4 is 5.43 Å². The van der Waals surface area contributed by atoms with Gasteiger partial charge in [-0.15, -0.1) is 10.2 Å². The van der Waals surface area contributed by atoms with E-state index in [1.54, 1.807) is 18.2 Å². The summed E-state index contributed by atoms with van der Waals surface area (Å²) >= 11 is 0. The molecule has 0 unspecified atom stereocenters. The standard InChI is InChI=1S/C11H10N6O3/c18-10(5-9-13-16-17-14-9)15-12-6-7-3-1-2-4-8(7)11(19)20/h1-4,6H,5H2,(H,15,18)(H,19,20)(H,13,14,16,17)/b12-6+. The molecule has 20 heavy (non-hydrogen) atoms. The van der Waals surface area contributed by atoms with Crippen LogP contribution in [0.2, 0.25) is 0 Å². The topological polar surface area (TPSA) is 133 Å². The Morgan fingerprint density at radius 3 is 2.90 bits per heavy atom. The molecule has 0 spiro atoms. The molecule has 0 aliphatic carbocycles. The van der Waals surface area contributed by atoms with Crippen molar-refractivity contribution in [2.24, 2.45) is 5.10 Å². The molecule has 0 bridgehead atoms. The van der Waals surface area contributed by atoms with E-state index < -0.39 is 11.9 Å². The number of nitrogens with zero attached hydrogens (tertiary/aromatic N) is 4. The first-order valence-electron chi connectivity index (χ1n) is 5.53. The number of carboxylic acid groups (broad SMARTS) is 1. The Hall–Kier alpha value is -3.10. The zero-order valence-corrected chi connectivity index (χ0v) is 10.1. The van der Waals surface area contributed by atoms with E-state index >= 15 is 0 Å². The van der Waals surface area contributed by atoms with E-state index in [1.807, 2.05) is 0 Å². The van der Waals surface area contributed by atoms with E-state index in [4.69, 9.17) is 5.11 Å². The van der Waals surface area contributed by atoms with Crippen molar-refractivity contribution in [1.29, 1.82) is 0 Å². The number of nitrogens with one attached hydrogen (secondary N) is 2. The second-order valence-electron chi connectivity index (χ2n) is 3.69. The highest BCUT2D eigenvalue weighted by atomic mass is 16.4. The van der Waals surface area contributed by atoms with Crippen LogP contribution in [0.15, 0.2) is 29.4 Å². The van der Waals surface area contributed by atoms with Crippen LogP contribution in [-0.4, -0.2) is 43.8 Å². The molecule has 0 aliphatic rings. The maximum atomic E-state index is 11.5. The van der Waals surface area contributed by atoms with Crippen molar-refractivity contribution in [2.45, 2.75) is 6.42 Å². The van der Waals surface area contributed by atoms with Crippen LogP contribution in [0.1, 0.15) is 21.7 Å². The number of hydrogen-bond donors (Lipinski definition) is 3. The molecule has 0 saturated heterocycles. The third kappa shape index (κ3) is 3.45. The highest BCUT2D eigenvalue weighted by molar-refractivity contribution is 5.98. The van der Waals surface area contributed by atoms with E-state index in [1.165, 1.54) is 12.3 Å². The highest BCUT2D eigenvalue weighted by Gasteiger charge is 2.08. The number of hydrogen-bond acceptors (Lipinski definition) is 6. The summed E-state index contributed by atoms with van der Waals surface area (Å²) in [6.45, 7) is 0. The Morgan fingerprint density at radius 2 is 2.20 bits per heavy atom. The van der Waals surface area contributed by atoms with Gasteiger partial charge in [0.1, 0.15) is 0 Å². The number of benzene rings is 1. The summed E-state index contributed by atoms with van der Waals surface area (Å²) in [6.07, 6.45) is 1.19. The molecule has 1 aromatic carbocycles. The first-order chi connectivity index (χ1) is 9.66. The van der Waals surface area contributed by atoms with Crippen molar-refractivity contribution in [3.63, 3.8) is 0 Å². The molecule has 3 N–H and O–H groups in total. The number of tetrazole rings is 1. The van der Waals surface area contributed by atoms with Crippen molar-refractivity contribution in [3.8, 4) is 0 Å². The number of carbonyl (C=O) groups excluding carboxylic acids is 1. The summed E-state index contributed by atoms with van der Waals surface area (Å²) in [4.78, 5) is 22.4. The molecule has 9 heteroatoms. The number of carbonyl (C=O) groups is 2. The summed E-state index contributed by atoms with van der Waals surface area (Å²) in [6, 6.07) is 6.31. The van der Waals surface area contributed by atoms with Crippen molar-refractivity contribution >= 4 is 18.1 Å². The first kappa shape index (κ1) is 13.3. The van der Waals surface area contributed by atoms with Gasteiger partial charge in [0.2, 0.25) is 5.91 Å². The zero-order valence-electron chi connectivity index (χ0n) is 10.1. The molecule has 1 amide bonds. The number of hydrazone groups is 1. The third-order valence-electron chi connectivity index (χ3n) is 2.29. The summed E-state index contributed by atoms with van der Waals surface area (Å²) in [5, 5.41) is 25.4. The second-order valence-corrected chi connectivity index (χ2v) is 3.69. The predicted octanol–water partition coefficient (Wildman–Crippen LogP) is -0.409. The third-order valence-corrected chi connectivity index (χ3v) is 2.29. The number of aromatic carboxylic acids is 1. The summed E-state index contributed by atoms with van der Waals surface area (Å²) in [5.74, 6) is -1.26. The largest absolute Gasteiger partial charge is 0.478 e. The number of carboxylic acids is 1. The lowest BCUT2D eigenvalue weighted by atomic mass is 10.1. The van der Waals surface area contributed by atoms with Gasteiger partial charge in [-0.3, -0.25) is 4.79 Å². The van der Waals surface area contributed by atoms with E-state index in [9.17, 15) is 9.59 Å². The van der Waals surface area contributed by atoms with E-state index in [2.05, 4.69) is 31.2 Å². The van der Waals surface area contributed by atoms with Gasteiger partial charge in [-0.25, -0.2) is 10.2 Å². The maximum Gasteiger partial charge on any atom is 0.336 e. The summed E-state index contributed by atoms with van der Waals surface area (Å²) in [5.41, 5.74) is 2.74. The molecule has 2 aromatic rings. The molecule has 1 heterocycles. The average Bonchev–Trinajstić information content (AvgIpc) is 2.92. The minimum absolute atomic E-state index is 0.0750. The molecule has 0 aliphatic heterocycles. The van der Waals surface area contributed by atoms with Gasteiger partial charge < -0.3 is 5.11 Å². The SMILES string of the molecule is O=C(Cc1nn[nH]n1)N/N=C/c1ccccc1C(=O)O. The van der Waals surface area contributed by atoms with Crippen molar-refractivity contribution in [2.75, 3.05) is 0 Å². The molecule has 0 radical (unpaired) electrons. The van der Waals surface area contributed by atoms with Crippen LogP contribution in [0.4, 0.5) is 0 Å². The second kappa shape index (κ2) is 6.18. The highest BCUT2D eigenvalue weighted by Crippen LogP contribution is 2.05. The van der Waals surface area contributed by atoms with Crippen LogP contribution >= 0.6 is 0 Å². The molecular formula is C11H10N6O3. The number of aromatic nitrogens is 4. The molecule has 102 valence electrons. The van der Waals surface area contributed by atoms with Crippen molar-refractivity contribution in [3.05, 3.63) is 41.2 Å². The van der Waals surface area contributed by atoms with Crippen LogP contribution in [0, 0.1) is 0 Å². The van der Waals surface area contributed by atoms with Crippen molar-refractivity contribution in [1.82, 2.24) is 26.0 Å². The molecule has 9 nitrogen and oxygen atoms in total.